The first kappa shape index (κ1) is 12.4. The lowest BCUT2D eigenvalue weighted by Crippen LogP contribution is -2.30. The first-order chi connectivity index (χ1) is 8.45. The number of nitrogens with one attached hydrogen (secondary N) is 1. The van der Waals surface area contributed by atoms with Gasteiger partial charge in [-0.05, 0) is 44.0 Å². The van der Waals surface area contributed by atoms with Gasteiger partial charge in [0, 0.05) is 6.61 Å². The SMILES string of the molecule is c1ccc(OCCOCC2CCNCC2)cc1. The summed E-state index contributed by atoms with van der Waals surface area (Å²) < 4.78 is 11.2. The molecule has 0 amide bonds. The molecule has 1 aromatic carbocycles. The van der Waals surface area contributed by atoms with Gasteiger partial charge in [-0.3, -0.25) is 0 Å². The van der Waals surface area contributed by atoms with Gasteiger partial charge in [0.05, 0.1) is 6.61 Å². The van der Waals surface area contributed by atoms with E-state index in [1.54, 1.807) is 0 Å². The number of ether oxygens (including phenoxy) is 2. The van der Waals surface area contributed by atoms with E-state index >= 15 is 0 Å². The Hall–Kier alpha value is -1.06. The molecule has 2 rings (SSSR count). The van der Waals surface area contributed by atoms with Crippen molar-refractivity contribution in [2.75, 3.05) is 32.9 Å². The van der Waals surface area contributed by atoms with Crippen LogP contribution in [0.2, 0.25) is 0 Å². The molecule has 0 bridgehead atoms. The van der Waals surface area contributed by atoms with Gasteiger partial charge in [-0.15, -0.1) is 0 Å². The molecule has 1 aliphatic rings. The normalized spacial score (nSPS) is 16.9. The highest BCUT2D eigenvalue weighted by Gasteiger charge is 2.12. The van der Waals surface area contributed by atoms with Gasteiger partial charge in [-0.1, -0.05) is 18.2 Å². The number of piperidine rings is 1. The van der Waals surface area contributed by atoms with Crippen molar-refractivity contribution in [3.63, 3.8) is 0 Å². The van der Waals surface area contributed by atoms with Crippen LogP contribution in [-0.4, -0.2) is 32.9 Å². The van der Waals surface area contributed by atoms with Gasteiger partial charge in [0.2, 0.25) is 0 Å². The third kappa shape index (κ3) is 4.75. The van der Waals surface area contributed by atoms with Gasteiger partial charge in [0.25, 0.3) is 0 Å². The van der Waals surface area contributed by atoms with Crippen LogP contribution in [-0.2, 0) is 4.74 Å². The molecule has 17 heavy (non-hydrogen) atoms. The van der Waals surface area contributed by atoms with Gasteiger partial charge in [-0.25, -0.2) is 0 Å². The largest absolute Gasteiger partial charge is 0.491 e. The second-order valence-electron chi connectivity index (χ2n) is 4.43. The summed E-state index contributed by atoms with van der Waals surface area (Å²) in [6, 6.07) is 9.87. The minimum atomic E-state index is 0.634. The minimum absolute atomic E-state index is 0.634. The molecule has 0 atom stereocenters. The third-order valence-corrected chi connectivity index (χ3v) is 3.05. The molecule has 3 nitrogen and oxygen atoms in total. The van der Waals surface area contributed by atoms with Crippen molar-refractivity contribution in [2.24, 2.45) is 5.92 Å². The maximum Gasteiger partial charge on any atom is 0.119 e. The summed E-state index contributed by atoms with van der Waals surface area (Å²) in [6.07, 6.45) is 2.47. The first-order valence-electron chi connectivity index (χ1n) is 6.41. The molecular formula is C14H21NO2. The molecule has 1 aromatic rings. The summed E-state index contributed by atoms with van der Waals surface area (Å²) in [5.41, 5.74) is 0. The number of hydrogen-bond acceptors (Lipinski definition) is 3. The molecule has 1 saturated heterocycles. The van der Waals surface area contributed by atoms with Crippen molar-refractivity contribution in [3.8, 4) is 5.75 Å². The topological polar surface area (TPSA) is 30.5 Å². The fraction of sp³-hybridized carbons (Fsp3) is 0.571. The highest BCUT2D eigenvalue weighted by atomic mass is 16.5. The van der Waals surface area contributed by atoms with Crippen molar-refractivity contribution >= 4 is 0 Å². The summed E-state index contributed by atoms with van der Waals surface area (Å²) in [5.74, 6) is 1.64. The smallest absolute Gasteiger partial charge is 0.119 e. The Balaban J connectivity index is 1.51. The molecule has 0 aliphatic carbocycles. The highest BCUT2D eigenvalue weighted by molar-refractivity contribution is 5.20. The van der Waals surface area contributed by atoms with Gasteiger partial charge >= 0.3 is 0 Å². The van der Waals surface area contributed by atoms with E-state index < -0.39 is 0 Å². The predicted molar refractivity (Wildman–Crippen MR) is 68.3 cm³/mol. The Bertz CT molecular complexity index is 296. The standard InChI is InChI=1S/C14H21NO2/c1-2-4-14(5-3-1)17-11-10-16-12-13-6-8-15-9-7-13/h1-5,13,15H,6-12H2. The Morgan fingerprint density at radius 2 is 1.82 bits per heavy atom. The average Bonchev–Trinajstić information content (AvgIpc) is 2.41. The van der Waals surface area contributed by atoms with Gasteiger partial charge < -0.3 is 14.8 Å². The van der Waals surface area contributed by atoms with Crippen LogP contribution in [0.3, 0.4) is 0 Å². The monoisotopic (exact) mass is 235 g/mol. The molecule has 1 heterocycles. The zero-order chi connectivity index (χ0) is 11.8. The molecule has 3 heteroatoms. The van der Waals surface area contributed by atoms with Crippen LogP contribution in [0.15, 0.2) is 30.3 Å². The van der Waals surface area contributed by atoms with Crippen LogP contribution in [0.1, 0.15) is 12.8 Å². The summed E-state index contributed by atoms with van der Waals surface area (Å²) in [6.45, 7) is 4.46. The Morgan fingerprint density at radius 3 is 2.59 bits per heavy atom. The third-order valence-electron chi connectivity index (χ3n) is 3.05. The van der Waals surface area contributed by atoms with Gasteiger partial charge in [0.15, 0.2) is 0 Å². The molecule has 1 aliphatic heterocycles. The lowest BCUT2D eigenvalue weighted by Gasteiger charge is -2.22. The quantitative estimate of drug-likeness (QED) is 0.766. The van der Waals surface area contributed by atoms with E-state index in [-0.39, 0.29) is 0 Å². The van der Waals surface area contributed by atoms with Crippen LogP contribution in [0.4, 0.5) is 0 Å². The van der Waals surface area contributed by atoms with E-state index in [4.69, 9.17) is 9.47 Å². The summed E-state index contributed by atoms with van der Waals surface area (Å²) >= 11 is 0. The van der Waals surface area contributed by atoms with Crippen LogP contribution in [0, 0.1) is 5.92 Å². The fourth-order valence-electron chi connectivity index (χ4n) is 2.03. The second kappa shape index (κ2) is 7.30. The van der Waals surface area contributed by atoms with Crippen molar-refractivity contribution in [3.05, 3.63) is 30.3 Å². The predicted octanol–water partition coefficient (Wildman–Crippen LogP) is 2.08. The number of rotatable bonds is 6. The van der Waals surface area contributed by atoms with Crippen molar-refractivity contribution < 1.29 is 9.47 Å². The van der Waals surface area contributed by atoms with Gasteiger partial charge in [0.1, 0.15) is 12.4 Å². The maximum atomic E-state index is 5.64. The summed E-state index contributed by atoms with van der Waals surface area (Å²) in [4.78, 5) is 0. The number of hydrogen-bond donors (Lipinski definition) is 1. The first-order valence-corrected chi connectivity index (χ1v) is 6.41. The molecule has 0 unspecified atom stereocenters. The second-order valence-corrected chi connectivity index (χ2v) is 4.43. The number of para-hydroxylation sites is 1. The van der Waals surface area contributed by atoms with Crippen LogP contribution in [0.25, 0.3) is 0 Å². The Kier molecular flexibility index (Phi) is 5.33. The van der Waals surface area contributed by atoms with Crippen LogP contribution >= 0.6 is 0 Å². The van der Waals surface area contributed by atoms with E-state index in [0.29, 0.717) is 13.2 Å². The number of benzene rings is 1. The van der Waals surface area contributed by atoms with Gasteiger partial charge in [-0.2, -0.15) is 0 Å². The molecule has 0 aromatic heterocycles. The van der Waals surface area contributed by atoms with E-state index in [0.717, 1.165) is 31.4 Å². The fourth-order valence-corrected chi connectivity index (χ4v) is 2.03. The molecular weight excluding hydrogens is 214 g/mol. The van der Waals surface area contributed by atoms with Crippen LogP contribution in [0.5, 0.6) is 5.75 Å². The lowest BCUT2D eigenvalue weighted by molar-refractivity contribution is 0.0655. The zero-order valence-electron chi connectivity index (χ0n) is 10.2. The molecule has 0 radical (unpaired) electrons. The van der Waals surface area contributed by atoms with E-state index in [1.807, 2.05) is 30.3 Å². The summed E-state index contributed by atoms with van der Waals surface area (Å²) in [5, 5.41) is 3.36. The van der Waals surface area contributed by atoms with E-state index in [2.05, 4.69) is 5.32 Å². The zero-order valence-corrected chi connectivity index (χ0v) is 10.2. The Labute approximate surface area is 103 Å². The maximum absolute atomic E-state index is 5.64. The van der Waals surface area contributed by atoms with Crippen LogP contribution < -0.4 is 10.1 Å². The minimum Gasteiger partial charge on any atom is -0.491 e. The summed E-state index contributed by atoms with van der Waals surface area (Å²) in [7, 11) is 0. The highest BCUT2D eigenvalue weighted by Crippen LogP contribution is 2.12. The van der Waals surface area contributed by atoms with Crippen molar-refractivity contribution in [1.82, 2.24) is 5.32 Å². The van der Waals surface area contributed by atoms with Crippen molar-refractivity contribution in [1.29, 1.82) is 0 Å². The molecule has 0 spiro atoms. The molecule has 94 valence electrons. The van der Waals surface area contributed by atoms with E-state index in [1.165, 1.54) is 12.8 Å². The lowest BCUT2D eigenvalue weighted by atomic mass is 9.99. The molecule has 1 fully saturated rings. The van der Waals surface area contributed by atoms with E-state index in [9.17, 15) is 0 Å². The molecule has 1 N–H and O–H groups in total. The van der Waals surface area contributed by atoms with Crippen molar-refractivity contribution in [2.45, 2.75) is 12.8 Å². The molecule has 0 saturated carbocycles. The Morgan fingerprint density at radius 1 is 1.06 bits per heavy atom. The average molecular weight is 235 g/mol.